The Labute approximate surface area is 141 Å². The third-order valence-corrected chi connectivity index (χ3v) is 3.46. The molecule has 124 valence electrons. The average molecular weight is 325 g/mol. The van der Waals surface area contributed by atoms with Crippen LogP contribution >= 0.6 is 0 Å². The lowest BCUT2D eigenvalue weighted by Crippen LogP contribution is -2.18. The minimum atomic E-state index is -0.544. The van der Waals surface area contributed by atoms with Crippen molar-refractivity contribution in [2.75, 3.05) is 13.7 Å². The highest BCUT2D eigenvalue weighted by Gasteiger charge is 2.13. The van der Waals surface area contributed by atoms with Gasteiger partial charge in [0, 0.05) is 6.07 Å². The number of hydrogen-bond acceptors (Lipinski definition) is 5. The third kappa shape index (κ3) is 4.05. The van der Waals surface area contributed by atoms with E-state index in [0.29, 0.717) is 17.1 Å². The molecule has 0 radical (unpaired) electrons. The van der Waals surface area contributed by atoms with Crippen molar-refractivity contribution in [2.45, 2.75) is 20.8 Å². The number of methoxy groups -OCH3 is 1. The molecule has 0 fully saturated rings. The van der Waals surface area contributed by atoms with E-state index in [1.807, 2.05) is 39.0 Å². The lowest BCUT2D eigenvalue weighted by atomic mass is 10.1. The summed E-state index contributed by atoms with van der Waals surface area (Å²) < 4.78 is 16.0. The fraction of sp³-hybridized carbons (Fsp3) is 0.263. The molecule has 24 heavy (non-hydrogen) atoms. The molecule has 0 aromatic heterocycles. The standard InChI is InChI=1S/C19H19NO4/c1-12-7-13(2)19(14(3)8-12)23-11-18(21)24-16-6-5-15(10-20)9-17(16)22-4/h5-9H,11H2,1-4H3. The first-order valence-electron chi connectivity index (χ1n) is 7.44. The van der Waals surface area contributed by atoms with E-state index < -0.39 is 5.97 Å². The van der Waals surface area contributed by atoms with Crippen molar-refractivity contribution in [2.24, 2.45) is 0 Å². The van der Waals surface area contributed by atoms with Crippen molar-refractivity contribution in [1.82, 2.24) is 0 Å². The van der Waals surface area contributed by atoms with Gasteiger partial charge in [-0.15, -0.1) is 0 Å². The van der Waals surface area contributed by atoms with Crippen LogP contribution in [0.25, 0.3) is 0 Å². The van der Waals surface area contributed by atoms with Gasteiger partial charge in [-0.05, 0) is 44.0 Å². The van der Waals surface area contributed by atoms with Crippen LogP contribution < -0.4 is 14.2 Å². The number of nitrogens with zero attached hydrogens (tertiary/aromatic N) is 1. The van der Waals surface area contributed by atoms with Crippen molar-refractivity contribution in [1.29, 1.82) is 5.26 Å². The van der Waals surface area contributed by atoms with Crippen molar-refractivity contribution >= 4 is 5.97 Å². The predicted octanol–water partition coefficient (Wildman–Crippen LogP) is 3.48. The van der Waals surface area contributed by atoms with E-state index in [1.54, 1.807) is 6.07 Å². The largest absolute Gasteiger partial charge is 0.493 e. The zero-order valence-corrected chi connectivity index (χ0v) is 14.2. The van der Waals surface area contributed by atoms with Crippen molar-refractivity contribution in [3.63, 3.8) is 0 Å². The molecule has 0 bridgehead atoms. The van der Waals surface area contributed by atoms with E-state index in [0.717, 1.165) is 16.7 Å². The van der Waals surface area contributed by atoms with Crippen LogP contribution in [-0.4, -0.2) is 19.7 Å². The summed E-state index contributed by atoms with van der Waals surface area (Å²) >= 11 is 0. The van der Waals surface area contributed by atoms with Gasteiger partial charge in [-0.3, -0.25) is 0 Å². The molecule has 0 aliphatic heterocycles. The molecule has 2 aromatic rings. The molecular formula is C19H19NO4. The second kappa shape index (κ2) is 7.51. The summed E-state index contributed by atoms with van der Waals surface area (Å²) in [5.74, 6) is 0.717. The highest BCUT2D eigenvalue weighted by atomic mass is 16.6. The van der Waals surface area contributed by atoms with E-state index in [-0.39, 0.29) is 12.4 Å². The highest BCUT2D eigenvalue weighted by molar-refractivity contribution is 5.75. The first-order chi connectivity index (χ1) is 11.4. The minimum absolute atomic E-state index is 0.214. The minimum Gasteiger partial charge on any atom is -0.493 e. The van der Waals surface area contributed by atoms with Gasteiger partial charge in [0.05, 0.1) is 18.7 Å². The molecule has 2 aromatic carbocycles. The number of benzene rings is 2. The highest BCUT2D eigenvalue weighted by Crippen LogP contribution is 2.28. The van der Waals surface area contributed by atoms with Crippen LogP contribution in [0, 0.1) is 32.1 Å². The van der Waals surface area contributed by atoms with Crippen LogP contribution in [0.15, 0.2) is 30.3 Å². The molecular weight excluding hydrogens is 306 g/mol. The van der Waals surface area contributed by atoms with E-state index in [2.05, 4.69) is 0 Å². The van der Waals surface area contributed by atoms with Crippen molar-refractivity contribution in [3.05, 3.63) is 52.6 Å². The molecule has 0 aliphatic carbocycles. The molecule has 5 heteroatoms. The van der Waals surface area contributed by atoms with Gasteiger partial charge in [0.25, 0.3) is 0 Å². The number of esters is 1. The van der Waals surface area contributed by atoms with Crippen LogP contribution in [0.5, 0.6) is 17.2 Å². The summed E-state index contributed by atoms with van der Waals surface area (Å²) in [7, 11) is 1.45. The number of carbonyl (C=O) groups excluding carboxylic acids is 1. The van der Waals surface area contributed by atoms with E-state index in [9.17, 15) is 4.79 Å². The topological polar surface area (TPSA) is 68.5 Å². The average Bonchev–Trinajstić information content (AvgIpc) is 2.54. The molecule has 2 rings (SSSR count). The van der Waals surface area contributed by atoms with E-state index in [4.69, 9.17) is 19.5 Å². The predicted molar refractivity (Wildman–Crippen MR) is 89.5 cm³/mol. The maximum Gasteiger partial charge on any atom is 0.349 e. The smallest absolute Gasteiger partial charge is 0.349 e. The Kier molecular flexibility index (Phi) is 5.43. The second-order valence-electron chi connectivity index (χ2n) is 5.47. The van der Waals surface area contributed by atoms with Gasteiger partial charge in [0.15, 0.2) is 18.1 Å². The summed E-state index contributed by atoms with van der Waals surface area (Å²) in [5, 5.41) is 8.88. The normalized spacial score (nSPS) is 9.96. The number of carbonyl (C=O) groups is 1. The van der Waals surface area contributed by atoms with Crippen LogP contribution in [0.1, 0.15) is 22.3 Å². The van der Waals surface area contributed by atoms with Gasteiger partial charge >= 0.3 is 5.97 Å². The molecule has 0 N–H and O–H groups in total. The Hall–Kier alpha value is -3.00. The Balaban J connectivity index is 2.06. The van der Waals surface area contributed by atoms with Gasteiger partial charge < -0.3 is 14.2 Å². The van der Waals surface area contributed by atoms with Gasteiger partial charge in [0.2, 0.25) is 0 Å². The first kappa shape index (κ1) is 17.4. The number of aryl methyl sites for hydroxylation is 3. The number of hydrogen-bond donors (Lipinski definition) is 0. The zero-order chi connectivity index (χ0) is 17.7. The summed E-state index contributed by atoms with van der Waals surface area (Å²) in [5.41, 5.74) is 3.50. The van der Waals surface area contributed by atoms with Crippen molar-refractivity contribution in [3.8, 4) is 23.3 Å². The van der Waals surface area contributed by atoms with Crippen LogP contribution in [0.2, 0.25) is 0 Å². The number of rotatable bonds is 5. The Morgan fingerprint density at radius 1 is 1.08 bits per heavy atom. The first-order valence-corrected chi connectivity index (χ1v) is 7.44. The molecule has 5 nitrogen and oxygen atoms in total. The maximum atomic E-state index is 12.0. The molecule has 0 amide bonds. The summed E-state index contributed by atoms with van der Waals surface area (Å²) in [6.45, 7) is 5.66. The molecule has 0 saturated heterocycles. The van der Waals surface area contributed by atoms with Gasteiger partial charge in [-0.1, -0.05) is 17.7 Å². The van der Waals surface area contributed by atoms with Gasteiger partial charge in [-0.25, -0.2) is 4.79 Å². The Morgan fingerprint density at radius 3 is 2.33 bits per heavy atom. The second-order valence-corrected chi connectivity index (χ2v) is 5.47. The lowest BCUT2D eigenvalue weighted by Gasteiger charge is -2.13. The number of ether oxygens (including phenoxy) is 3. The quantitative estimate of drug-likeness (QED) is 0.622. The summed E-state index contributed by atoms with van der Waals surface area (Å²) in [4.78, 5) is 12.0. The van der Waals surface area contributed by atoms with E-state index >= 15 is 0 Å². The molecule has 0 atom stereocenters. The van der Waals surface area contributed by atoms with Gasteiger partial charge in [0.1, 0.15) is 5.75 Å². The van der Waals surface area contributed by atoms with Crippen molar-refractivity contribution < 1.29 is 19.0 Å². The van der Waals surface area contributed by atoms with E-state index in [1.165, 1.54) is 19.2 Å². The fourth-order valence-corrected chi connectivity index (χ4v) is 2.50. The maximum absolute atomic E-state index is 12.0. The summed E-state index contributed by atoms with van der Waals surface area (Å²) in [6, 6.07) is 10.6. The molecule has 0 heterocycles. The monoisotopic (exact) mass is 325 g/mol. The Morgan fingerprint density at radius 2 is 1.75 bits per heavy atom. The SMILES string of the molecule is COc1cc(C#N)ccc1OC(=O)COc1c(C)cc(C)cc1C. The fourth-order valence-electron chi connectivity index (χ4n) is 2.50. The van der Waals surface area contributed by atoms with Crippen LogP contribution in [0.3, 0.4) is 0 Å². The third-order valence-electron chi connectivity index (χ3n) is 3.46. The van der Waals surface area contributed by atoms with Gasteiger partial charge in [-0.2, -0.15) is 5.26 Å². The molecule has 0 aliphatic rings. The van der Waals surface area contributed by atoms with Crippen LogP contribution in [0.4, 0.5) is 0 Å². The summed E-state index contributed by atoms with van der Waals surface area (Å²) in [6.07, 6.45) is 0. The molecule has 0 unspecified atom stereocenters. The lowest BCUT2D eigenvalue weighted by molar-refractivity contribution is -0.136. The zero-order valence-electron chi connectivity index (χ0n) is 14.2. The van der Waals surface area contributed by atoms with Crippen LogP contribution in [-0.2, 0) is 4.79 Å². The molecule has 0 saturated carbocycles. The number of nitriles is 1. The Bertz CT molecular complexity index is 782. The molecule has 0 spiro atoms.